The Morgan fingerprint density at radius 2 is 1.92 bits per heavy atom. The zero-order chi connectivity index (χ0) is 19.1. The van der Waals surface area contributed by atoms with Gasteiger partial charge in [-0.15, -0.1) is 0 Å². The van der Waals surface area contributed by atoms with Crippen LogP contribution in [-0.4, -0.2) is 48.6 Å². The van der Waals surface area contributed by atoms with E-state index in [0.29, 0.717) is 17.3 Å². The molecule has 0 aliphatic carbocycles. The average Bonchev–Trinajstić information content (AvgIpc) is 2.66. The fraction of sp³-hybridized carbons (Fsp3) is 0.316. The van der Waals surface area contributed by atoms with Crippen LogP contribution in [-0.2, 0) is 9.53 Å². The third-order valence-corrected chi connectivity index (χ3v) is 3.88. The molecule has 26 heavy (non-hydrogen) atoms. The highest BCUT2D eigenvalue weighted by Gasteiger charge is 2.18. The summed E-state index contributed by atoms with van der Waals surface area (Å²) in [6.45, 7) is 3.45. The number of esters is 1. The molecular weight excluding hydrogens is 334 g/mol. The summed E-state index contributed by atoms with van der Waals surface area (Å²) < 4.78 is 10.4. The van der Waals surface area contributed by atoms with Crippen LogP contribution in [0, 0.1) is 0 Å². The fourth-order valence-corrected chi connectivity index (χ4v) is 2.14. The number of methoxy groups -OCH3 is 1. The number of aromatic nitrogens is 1. The molecule has 1 amide bonds. The molecule has 0 radical (unpaired) electrons. The lowest BCUT2D eigenvalue weighted by molar-refractivity contribution is -0.134. The lowest BCUT2D eigenvalue weighted by atomic mass is 10.2. The number of hydrogen-bond donors (Lipinski definition) is 1. The maximum Gasteiger partial charge on any atom is 0.342 e. The van der Waals surface area contributed by atoms with Crippen LogP contribution in [0.4, 0.5) is 11.5 Å². The van der Waals surface area contributed by atoms with Crippen LogP contribution in [0.25, 0.3) is 0 Å². The van der Waals surface area contributed by atoms with Gasteiger partial charge in [-0.05, 0) is 38.1 Å². The van der Waals surface area contributed by atoms with Crippen molar-refractivity contribution in [2.24, 2.45) is 0 Å². The third-order valence-electron chi connectivity index (χ3n) is 3.88. The monoisotopic (exact) mass is 357 g/mol. The number of rotatable bonds is 7. The largest absolute Gasteiger partial charge is 0.495 e. The molecule has 0 atom stereocenters. The van der Waals surface area contributed by atoms with Gasteiger partial charge in [0.05, 0.1) is 12.8 Å². The minimum atomic E-state index is -0.624. The van der Waals surface area contributed by atoms with E-state index >= 15 is 0 Å². The zero-order valence-corrected chi connectivity index (χ0v) is 15.4. The molecule has 7 heteroatoms. The maximum atomic E-state index is 12.4. The number of carbonyl (C=O) groups excluding carboxylic acids is 2. The second kappa shape index (κ2) is 8.84. The number of carbonyl (C=O) groups is 2. The molecule has 0 aliphatic heterocycles. The van der Waals surface area contributed by atoms with E-state index in [1.807, 2.05) is 32.0 Å². The molecule has 1 heterocycles. The van der Waals surface area contributed by atoms with Gasteiger partial charge >= 0.3 is 5.97 Å². The summed E-state index contributed by atoms with van der Waals surface area (Å²) >= 11 is 0. The average molecular weight is 357 g/mol. The van der Waals surface area contributed by atoms with Crippen molar-refractivity contribution in [3.63, 3.8) is 0 Å². The quantitative estimate of drug-likeness (QED) is 0.768. The predicted molar refractivity (Wildman–Crippen MR) is 98.7 cm³/mol. The van der Waals surface area contributed by atoms with Crippen LogP contribution in [0.5, 0.6) is 5.75 Å². The Bertz CT molecular complexity index is 777. The summed E-state index contributed by atoms with van der Waals surface area (Å²) in [5.74, 6) is 0.0513. The lowest BCUT2D eigenvalue weighted by Crippen LogP contribution is -2.36. The van der Waals surface area contributed by atoms with Crippen LogP contribution in [0.15, 0.2) is 42.6 Å². The third kappa shape index (κ3) is 4.72. The highest BCUT2D eigenvalue weighted by atomic mass is 16.5. The number of nitrogens with zero attached hydrogens (tertiary/aromatic N) is 2. The summed E-state index contributed by atoms with van der Waals surface area (Å²) in [4.78, 5) is 30.1. The molecule has 1 aromatic carbocycles. The zero-order valence-electron chi connectivity index (χ0n) is 15.4. The number of ether oxygens (including phenoxy) is 2. The minimum Gasteiger partial charge on any atom is -0.495 e. The number of anilines is 2. The summed E-state index contributed by atoms with van der Waals surface area (Å²) in [6.07, 6.45) is 1.56. The molecule has 0 saturated heterocycles. The van der Waals surface area contributed by atoms with Gasteiger partial charge in [-0.3, -0.25) is 4.79 Å². The van der Waals surface area contributed by atoms with Gasteiger partial charge in [-0.1, -0.05) is 12.1 Å². The summed E-state index contributed by atoms with van der Waals surface area (Å²) in [5.41, 5.74) is 0.900. The molecule has 0 unspecified atom stereocenters. The molecular formula is C19H23N3O4. The highest BCUT2D eigenvalue weighted by Crippen LogP contribution is 2.27. The van der Waals surface area contributed by atoms with Crippen LogP contribution in [0.3, 0.4) is 0 Å². The van der Waals surface area contributed by atoms with E-state index in [-0.39, 0.29) is 24.1 Å². The lowest BCUT2D eigenvalue weighted by Gasteiger charge is -2.21. The van der Waals surface area contributed by atoms with E-state index in [1.165, 1.54) is 4.90 Å². The van der Waals surface area contributed by atoms with E-state index in [9.17, 15) is 9.59 Å². The predicted octanol–water partition coefficient (Wildman–Crippen LogP) is 2.86. The summed E-state index contributed by atoms with van der Waals surface area (Å²) in [7, 11) is 3.23. The first-order valence-electron chi connectivity index (χ1n) is 8.22. The molecule has 2 aromatic rings. The Kier molecular flexibility index (Phi) is 6.54. The summed E-state index contributed by atoms with van der Waals surface area (Å²) in [6, 6.07) is 10.5. The minimum absolute atomic E-state index is 0.0300. The van der Waals surface area contributed by atoms with Gasteiger partial charge in [0.15, 0.2) is 6.61 Å². The Morgan fingerprint density at radius 1 is 1.19 bits per heavy atom. The normalized spacial score (nSPS) is 10.3. The molecule has 0 fully saturated rings. The standard InChI is InChI=1S/C19H23N3O4/c1-13(2)22(3)17(23)12-26-19(24)14-8-7-11-20-18(14)21-15-9-5-6-10-16(15)25-4/h5-11,13H,12H2,1-4H3,(H,20,21). The molecule has 138 valence electrons. The maximum absolute atomic E-state index is 12.4. The Labute approximate surface area is 152 Å². The molecule has 0 aliphatic rings. The first-order chi connectivity index (χ1) is 12.4. The molecule has 0 spiro atoms. The number of amides is 1. The van der Waals surface area contributed by atoms with Gasteiger partial charge in [0.2, 0.25) is 0 Å². The van der Waals surface area contributed by atoms with Crippen LogP contribution >= 0.6 is 0 Å². The van der Waals surface area contributed by atoms with Gasteiger partial charge in [0.25, 0.3) is 5.91 Å². The van der Waals surface area contributed by atoms with Crippen molar-refractivity contribution in [3.8, 4) is 5.75 Å². The number of hydrogen-bond acceptors (Lipinski definition) is 6. The van der Waals surface area contributed by atoms with E-state index in [2.05, 4.69) is 10.3 Å². The van der Waals surface area contributed by atoms with Crippen LogP contribution in [0.1, 0.15) is 24.2 Å². The van der Waals surface area contributed by atoms with Gasteiger partial charge < -0.3 is 19.7 Å². The molecule has 2 rings (SSSR count). The summed E-state index contributed by atoms with van der Waals surface area (Å²) in [5, 5.41) is 3.07. The molecule has 1 aromatic heterocycles. The van der Waals surface area contributed by atoms with Crippen molar-refractivity contribution in [2.45, 2.75) is 19.9 Å². The number of para-hydroxylation sites is 2. The fourth-order valence-electron chi connectivity index (χ4n) is 2.14. The van der Waals surface area contributed by atoms with Crippen molar-refractivity contribution in [1.29, 1.82) is 0 Å². The van der Waals surface area contributed by atoms with Gasteiger partial charge in [-0.2, -0.15) is 0 Å². The van der Waals surface area contributed by atoms with Crippen LogP contribution in [0.2, 0.25) is 0 Å². The SMILES string of the molecule is COc1ccccc1Nc1ncccc1C(=O)OCC(=O)N(C)C(C)C. The van der Waals surface area contributed by atoms with Crippen molar-refractivity contribution in [2.75, 3.05) is 26.1 Å². The number of benzene rings is 1. The van der Waals surface area contributed by atoms with Gasteiger partial charge in [0, 0.05) is 19.3 Å². The first-order valence-corrected chi connectivity index (χ1v) is 8.22. The van der Waals surface area contributed by atoms with Crippen molar-refractivity contribution in [1.82, 2.24) is 9.88 Å². The van der Waals surface area contributed by atoms with E-state index in [4.69, 9.17) is 9.47 Å². The molecule has 7 nitrogen and oxygen atoms in total. The Hall–Kier alpha value is -3.09. The molecule has 1 N–H and O–H groups in total. The van der Waals surface area contributed by atoms with Crippen molar-refractivity contribution < 1.29 is 19.1 Å². The van der Waals surface area contributed by atoms with Gasteiger partial charge in [-0.25, -0.2) is 9.78 Å². The smallest absolute Gasteiger partial charge is 0.342 e. The van der Waals surface area contributed by atoms with E-state index < -0.39 is 5.97 Å². The second-order valence-corrected chi connectivity index (χ2v) is 5.90. The Balaban J connectivity index is 2.13. The Morgan fingerprint density at radius 3 is 2.62 bits per heavy atom. The van der Waals surface area contributed by atoms with E-state index in [0.717, 1.165) is 0 Å². The van der Waals surface area contributed by atoms with E-state index in [1.54, 1.807) is 38.6 Å². The van der Waals surface area contributed by atoms with Crippen LogP contribution < -0.4 is 10.1 Å². The first kappa shape index (κ1) is 19.2. The highest BCUT2D eigenvalue weighted by molar-refractivity contribution is 5.96. The topological polar surface area (TPSA) is 80.8 Å². The van der Waals surface area contributed by atoms with Crippen molar-refractivity contribution in [3.05, 3.63) is 48.2 Å². The second-order valence-electron chi connectivity index (χ2n) is 5.90. The number of likely N-dealkylation sites (N-methyl/N-ethyl adjacent to an activating group) is 1. The molecule has 0 saturated carbocycles. The number of nitrogens with one attached hydrogen (secondary N) is 1. The van der Waals surface area contributed by atoms with Crippen molar-refractivity contribution >= 4 is 23.4 Å². The molecule has 0 bridgehead atoms. The number of pyridine rings is 1. The van der Waals surface area contributed by atoms with Gasteiger partial charge in [0.1, 0.15) is 17.1 Å².